The van der Waals surface area contributed by atoms with E-state index in [1.807, 2.05) is 30.3 Å². The molecular formula is C23H31N3O5. The van der Waals surface area contributed by atoms with Crippen molar-refractivity contribution >= 4 is 24.3 Å². The van der Waals surface area contributed by atoms with Crippen LogP contribution in [0.2, 0.25) is 0 Å². The third-order valence-electron chi connectivity index (χ3n) is 5.45. The summed E-state index contributed by atoms with van der Waals surface area (Å²) in [7, 11) is 3.57. The summed E-state index contributed by atoms with van der Waals surface area (Å²) >= 11 is 0. The second kappa shape index (κ2) is 8.69. The first kappa shape index (κ1) is 22.8. The number of benzene rings is 1. The number of piperidine rings is 1. The predicted molar refractivity (Wildman–Crippen MR) is 115 cm³/mol. The normalized spacial score (nSPS) is 24.6. The maximum absolute atomic E-state index is 12.9. The molecule has 1 aliphatic carbocycles. The monoisotopic (exact) mass is 429 g/mol. The summed E-state index contributed by atoms with van der Waals surface area (Å²) in [4.78, 5) is 45.3. The molecule has 2 fully saturated rings. The lowest BCUT2D eigenvalue weighted by Gasteiger charge is -2.29. The summed E-state index contributed by atoms with van der Waals surface area (Å²) in [5, 5.41) is 0. The van der Waals surface area contributed by atoms with Gasteiger partial charge in [-0.1, -0.05) is 30.3 Å². The van der Waals surface area contributed by atoms with Crippen LogP contribution in [0.15, 0.2) is 35.3 Å². The molecule has 8 heteroatoms. The molecule has 1 saturated carbocycles. The van der Waals surface area contributed by atoms with Crippen molar-refractivity contribution in [1.29, 1.82) is 0 Å². The number of likely N-dealkylation sites (tertiary alicyclic amines) is 1. The van der Waals surface area contributed by atoms with E-state index in [2.05, 4.69) is 4.99 Å². The van der Waals surface area contributed by atoms with Gasteiger partial charge in [-0.3, -0.25) is 9.69 Å². The van der Waals surface area contributed by atoms with Crippen molar-refractivity contribution in [3.05, 3.63) is 35.9 Å². The van der Waals surface area contributed by atoms with E-state index in [0.29, 0.717) is 12.8 Å². The van der Waals surface area contributed by atoms with E-state index in [1.165, 1.54) is 11.2 Å². The molecule has 168 valence electrons. The molecule has 0 unspecified atom stereocenters. The van der Waals surface area contributed by atoms with Gasteiger partial charge in [0.1, 0.15) is 18.2 Å². The molecule has 0 bridgehead atoms. The minimum atomic E-state index is -0.775. The van der Waals surface area contributed by atoms with E-state index >= 15 is 0 Å². The highest BCUT2D eigenvalue weighted by atomic mass is 16.6. The predicted octanol–water partition coefficient (Wildman–Crippen LogP) is 3.00. The fourth-order valence-corrected chi connectivity index (χ4v) is 4.02. The van der Waals surface area contributed by atoms with Crippen molar-refractivity contribution < 1.29 is 23.9 Å². The molecule has 0 aromatic heterocycles. The van der Waals surface area contributed by atoms with Crippen molar-refractivity contribution in [1.82, 2.24) is 9.80 Å². The van der Waals surface area contributed by atoms with Crippen LogP contribution in [-0.2, 0) is 25.7 Å². The van der Waals surface area contributed by atoms with Gasteiger partial charge < -0.3 is 14.4 Å². The van der Waals surface area contributed by atoms with E-state index in [-0.39, 0.29) is 25.0 Å². The highest BCUT2D eigenvalue weighted by Crippen LogP contribution is 2.62. The van der Waals surface area contributed by atoms with Gasteiger partial charge in [0, 0.05) is 32.0 Å². The van der Waals surface area contributed by atoms with Crippen molar-refractivity contribution in [2.45, 2.75) is 64.3 Å². The Morgan fingerprint density at radius 1 is 1.19 bits per heavy atom. The van der Waals surface area contributed by atoms with Gasteiger partial charge in [-0.25, -0.2) is 14.6 Å². The van der Waals surface area contributed by atoms with E-state index in [0.717, 1.165) is 5.56 Å². The Labute approximate surface area is 183 Å². The first-order valence-corrected chi connectivity index (χ1v) is 10.5. The largest absolute Gasteiger partial charge is 0.459 e. The standard InChI is InChI=1S/C23H31N3O5/c1-22(2,3)31-21(29)26-17(20(28)30-14-16-9-7-6-8-10-16)11-23(12-18(23)26)13-19(27)24-15-25(4)5/h6-10,15,17-18H,11-14H2,1-5H3/t17-,18-,23+/m0/s1. The fraction of sp³-hybridized carbons (Fsp3) is 0.565. The molecule has 1 saturated heterocycles. The quantitative estimate of drug-likeness (QED) is 0.392. The van der Waals surface area contributed by atoms with Crippen LogP contribution in [-0.4, -0.2) is 65.9 Å². The number of nitrogens with zero attached hydrogens (tertiary/aromatic N) is 3. The lowest BCUT2D eigenvalue weighted by atomic mass is 9.95. The van der Waals surface area contributed by atoms with Gasteiger partial charge in [-0.05, 0) is 39.2 Å². The van der Waals surface area contributed by atoms with Gasteiger partial charge in [-0.15, -0.1) is 0 Å². The van der Waals surface area contributed by atoms with Crippen molar-refractivity contribution in [2.75, 3.05) is 14.1 Å². The highest BCUT2D eigenvalue weighted by molar-refractivity contribution is 5.87. The Bertz CT molecular complexity index is 862. The van der Waals surface area contributed by atoms with Crippen molar-refractivity contribution in [2.24, 2.45) is 10.4 Å². The third kappa shape index (κ3) is 5.62. The molecule has 1 aromatic carbocycles. The smallest absolute Gasteiger partial charge is 0.411 e. The molecule has 1 heterocycles. The lowest BCUT2D eigenvalue weighted by Crippen LogP contribution is -2.46. The summed E-state index contributed by atoms with van der Waals surface area (Å²) in [5.41, 5.74) is -0.277. The molecule has 2 amide bonds. The minimum Gasteiger partial charge on any atom is -0.459 e. The zero-order valence-corrected chi connectivity index (χ0v) is 18.8. The van der Waals surface area contributed by atoms with E-state index in [9.17, 15) is 14.4 Å². The van der Waals surface area contributed by atoms with Gasteiger partial charge in [0.15, 0.2) is 0 Å². The summed E-state index contributed by atoms with van der Waals surface area (Å²) in [5.74, 6) is -0.746. The molecule has 0 spiro atoms. The zero-order valence-electron chi connectivity index (χ0n) is 18.8. The average Bonchev–Trinajstić information content (AvgIpc) is 3.26. The molecule has 3 atom stereocenters. The molecule has 1 aliphatic heterocycles. The molecule has 31 heavy (non-hydrogen) atoms. The first-order chi connectivity index (χ1) is 14.5. The van der Waals surface area contributed by atoms with Crippen LogP contribution in [0, 0.1) is 5.41 Å². The van der Waals surface area contributed by atoms with E-state index in [4.69, 9.17) is 9.47 Å². The second-order valence-corrected chi connectivity index (χ2v) is 9.56. The molecule has 0 N–H and O–H groups in total. The molecule has 8 nitrogen and oxygen atoms in total. The Hall–Kier alpha value is -2.90. The van der Waals surface area contributed by atoms with Gasteiger partial charge in [-0.2, -0.15) is 0 Å². The van der Waals surface area contributed by atoms with Gasteiger partial charge >= 0.3 is 12.1 Å². The van der Waals surface area contributed by atoms with Crippen LogP contribution >= 0.6 is 0 Å². The molecule has 0 radical (unpaired) electrons. The number of ether oxygens (including phenoxy) is 2. The summed E-state index contributed by atoms with van der Waals surface area (Å²) in [6.07, 6.45) is 2.11. The Morgan fingerprint density at radius 2 is 1.87 bits per heavy atom. The number of carbonyl (C=O) groups is 3. The number of hydrogen-bond acceptors (Lipinski definition) is 5. The first-order valence-electron chi connectivity index (χ1n) is 10.5. The average molecular weight is 430 g/mol. The van der Waals surface area contributed by atoms with Crippen LogP contribution < -0.4 is 0 Å². The summed E-state index contributed by atoms with van der Waals surface area (Å²) in [6, 6.07) is 8.37. The van der Waals surface area contributed by atoms with Crippen LogP contribution in [0.1, 0.15) is 45.6 Å². The number of amides is 2. The third-order valence-corrected chi connectivity index (χ3v) is 5.45. The number of aliphatic imine (C=N–C) groups is 1. The molecule has 3 rings (SSSR count). The molecule has 1 aromatic rings. The number of hydrogen-bond donors (Lipinski definition) is 0. The van der Waals surface area contributed by atoms with Crippen LogP contribution in [0.25, 0.3) is 0 Å². The topological polar surface area (TPSA) is 88.5 Å². The fourth-order valence-electron chi connectivity index (χ4n) is 4.02. The zero-order chi connectivity index (χ0) is 22.8. The Kier molecular flexibility index (Phi) is 6.38. The van der Waals surface area contributed by atoms with Crippen molar-refractivity contribution in [3.63, 3.8) is 0 Å². The van der Waals surface area contributed by atoms with Gasteiger partial charge in [0.25, 0.3) is 0 Å². The summed E-state index contributed by atoms with van der Waals surface area (Å²) in [6.45, 7) is 5.47. The Balaban J connectivity index is 1.73. The maximum Gasteiger partial charge on any atom is 0.411 e. The highest BCUT2D eigenvalue weighted by Gasteiger charge is 2.68. The minimum absolute atomic E-state index is 0.127. The van der Waals surface area contributed by atoms with Gasteiger partial charge in [0.05, 0.1) is 6.34 Å². The lowest BCUT2D eigenvalue weighted by molar-refractivity contribution is -0.151. The SMILES string of the molecule is CN(C)C=NC(=O)C[C@@]12C[C@@H]1N(C(=O)OC(C)(C)C)[C@H](C(=O)OCc1ccccc1)C2. The summed E-state index contributed by atoms with van der Waals surface area (Å²) < 4.78 is 11.1. The number of esters is 1. The van der Waals surface area contributed by atoms with E-state index in [1.54, 1.807) is 39.8 Å². The number of carbonyl (C=O) groups excluding carboxylic acids is 3. The Morgan fingerprint density at radius 3 is 2.48 bits per heavy atom. The van der Waals surface area contributed by atoms with E-state index < -0.39 is 29.1 Å². The number of rotatable bonds is 6. The van der Waals surface area contributed by atoms with Crippen LogP contribution in [0.4, 0.5) is 4.79 Å². The molecule has 2 aliphatic rings. The van der Waals surface area contributed by atoms with Gasteiger partial charge in [0.2, 0.25) is 5.91 Å². The number of fused-ring (bicyclic) bond motifs is 1. The maximum atomic E-state index is 12.9. The van der Waals surface area contributed by atoms with Crippen LogP contribution in [0.5, 0.6) is 0 Å². The second-order valence-electron chi connectivity index (χ2n) is 9.56. The molecular weight excluding hydrogens is 398 g/mol. The van der Waals surface area contributed by atoms with Crippen LogP contribution in [0.3, 0.4) is 0 Å². The van der Waals surface area contributed by atoms with Crippen molar-refractivity contribution in [3.8, 4) is 0 Å².